The van der Waals surface area contributed by atoms with E-state index in [4.69, 9.17) is 11.6 Å². The molecule has 0 saturated heterocycles. The van der Waals surface area contributed by atoms with Crippen LogP contribution in [0.1, 0.15) is 23.1 Å². The molecule has 2 rings (SSSR count). The zero-order valence-corrected chi connectivity index (χ0v) is 10.5. The van der Waals surface area contributed by atoms with Crippen molar-refractivity contribution in [1.82, 2.24) is 4.98 Å². The van der Waals surface area contributed by atoms with Crippen LogP contribution in [-0.4, -0.2) is 10.1 Å². The Morgan fingerprint density at radius 1 is 1.21 bits per heavy atom. The molecule has 1 aromatic carbocycles. The van der Waals surface area contributed by atoms with Gasteiger partial charge in [0.2, 0.25) is 0 Å². The van der Waals surface area contributed by atoms with E-state index in [2.05, 4.69) is 4.98 Å². The van der Waals surface area contributed by atoms with E-state index in [-0.39, 0.29) is 5.15 Å². The maximum Gasteiger partial charge on any atom is 0.129 e. The van der Waals surface area contributed by atoms with Gasteiger partial charge in [0.25, 0.3) is 0 Å². The Kier molecular flexibility index (Phi) is 4.10. The summed E-state index contributed by atoms with van der Waals surface area (Å²) in [5.41, 5.74) is 1.04. The summed E-state index contributed by atoms with van der Waals surface area (Å²) in [6.07, 6.45) is 0.420. The quantitative estimate of drug-likeness (QED) is 0.876. The van der Waals surface area contributed by atoms with Gasteiger partial charge in [-0.3, -0.25) is 0 Å². The van der Waals surface area contributed by atoms with Crippen molar-refractivity contribution in [2.24, 2.45) is 0 Å². The third kappa shape index (κ3) is 3.08. The van der Waals surface area contributed by atoms with Crippen LogP contribution in [-0.2, 0) is 0 Å². The van der Waals surface area contributed by atoms with Crippen molar-refractivity contribution in [2.45, 2.75) is 12.0 Å². The highest BCUT2D eigenvalue weighted by atomic mass is 35.5. The number of aromatic nitrogens is 1. The topological polar surface area (TPSA) is 56.9 Å². The van der Waals surface area contributed by atoms with Crippen molar-refractivity contribution in [3.63, 3.8) is 0 Å². The van der Waals surface area contributed by atoms with Crippen LogP contribution in [0.15, 0.2) is 42.6 Å². The zero-order chi connectivity index (χ0) is 13.8. The second kappa shape index (κ2) is 5.79. The average molecular weight is 277 g/mol. The number of hydrogen-bond donors (Lipinski definition) is 1. The molecule has 5 heteroatoms. The van der Waals surface area contributed by atoms with E-state index in [0.717, 1.165) is 0 Å². The molecule has 1 N–H and O–H groups in total. The molecule has 19 heavy (non-hydrogen) atoms. The van der Waals surface area contributed by atoms with E-state index in [1.54, 1.807) is 6.07 Å². The Hall–Kier alpha value is -1.96. The van der Waals surface area contributed by atoms with E-state index < -0.39 is 17.8 Å². The van der Waals surface area contributed by atoms with Gasteiger partial charge in [0.15, 0.2) is 0 Å². The van der Waals surface area contributed by atoms with Gasteiger partial charge in [0.1, 0.15) is 16.9 Å². The van der Waals surface area contributed by atoms with Crippen molar-refractivity contribution < 1.29 is 9.50 Å². The highest BCUT2D eigenvalue weighted by Gasteiger charge is 2.23. The molecule has 2 unspecified atom stereocenters. The molecule has 0 aliphatic heterocycles. The van der Waals surface area contributed by atoms with Crippen molar-refractivity contribution >= 4 is 11.6 Å². The third-order valence-corrected chi connectivity index (χ3v) is 2.98. The second-order valence-corrected chi connectivity index (χ2v) is 4.40. The second-order valence-electron chi connectivity index (χ2n) is 4.02. The predicted octanol–water partition coefficient (Wildman–Crippen LogP) is 3.21. The highest BCUT2D eigenvalue weighted by molar-refractivity contribution is 6.29. The van der Waals surface area contributed by atoms with E-state index in [1.807, 2.05) is 6.07 Å². The van der Waals surface area contributed by atoms with E-state index in [1.165, 1.54) is 36.5 Å². The third-order valence-electron chi connectivity index (χ3n) is 2.78. The molecular formula is C14H10ClFN2O. The Labute approximate surface area is 114 Å². The summed E-state index contributed by atoms with van der Waals surface area (Å²) in [5, 5.41) is 19.7. The minimum atomic E-state index is -1.05. The number of rotatable bonds is 3. The minimum Gasteiger partial charge on any atom is -0.387 e. The van der Waals surface area contributed by atoms with Crippen molar-refractivity contribution in [3.05, 3.63) is 64.7 Å². The number of hydrogen-bond acceptors (Lipinski definition) is 3. The first-order valence-electron chi connectivity index (χ1n) is 5.56. The first kappa shape index (κ1) is 13.5. The van der Waals surface area contributed by atoms with Gasteiger partial charge in [-0.15, -0.1) is 0 Å². The van der Waals surface area contributed by atoms with Gasteiger partial charge >= 0.3 is 0 Å². The maximum atomic E-state index is 12.8. The van der Waals surface area contributed by atoms with Crippen LogP contribution >= 0.6 is 11.6 Å². The average Bonchev–Trinajstić information content (AvgIpc) is 2.40. The van der Waals surface area contributed by atoms with Crippen LogP contribution in [0, 0.1) is 17.1 Å². The molecule has 3 nitrogen and oxygen atoms in total. The lowest BCUT2D eigenvalue weighted by Gasteiger charge is -2.17. The number of halogens is 2. The molecule has 1 heterocycles. The summed E-state index contributed by atoms with van der Waals surface area (Å²) < 4.78 is 12.8. The molecule has 0 saturated carbocycles. The maximum absolute atomic E-state index is 12.8. The lowest BCUT2D eigenvalue weighted by molar-refractivity contribution is 0.164. The fraction of sp³-hybridized carbons (Fsp3) is 0.143. The first-order chi connectivity index (χ1) is 9.11. The normalized spacial score (nSPS) is 13.6. The molecule has 2 aromatic rings. The number of aliphatic hydroxyl groups excluding tert-OH is 1. The van der Waals surface area contributed by atoms with Crippen molar-refractivity contribution in [3.8, 4) is 6.07 Å². The fourth-order valence-electron chi connectivity index (χ4n) is 1.79. The van der Waals surface area contributed by atoms with Crippen LogP contribution in [0.3, 0.4) is 0 Å². The fourth-order valence-corrected chi connectivity index (χ4v) is 1.97. The van der Waals surface area contributed by atoms with E-state index in [9.17, 15) is 14.8 Å². The van der Waals surface area contributed by atoms with E-state index >= 15 is 0 Å². The molecule has 1 aromatic heterocycles. The molecule has 0 radical (unpaired) electrons. The number of nitrogens with zero attached hydrogens (tertiary/aromatic N) is 2. The molecule has 0 aliphatic rings. The molecule has 96 valence electrons. The molecule has 0 fully saturated rings. The summed E-state index contributed by atoms with van der Waals surface area (Å²) in [6.45, 7) is 0. The number of pyridine rings is 1. The van der Waals surface area contributed by atoms with Gasteiger partial charge in [-0.1, -0.05) is 23.7 Å². The number of benzene rings is 1. The van der Waals surface area contributed by atoms with Gasteiger partial charge in [0, 0.05) is 6.20 Å². The van der Waals surface area contributed by atoms with Gasteiger partial charge in [-0.25, -0.2) is 9.37 Å². The summed E-state index contributed by atoms with van der Waals surface area (Å²) in [4.78, 5) is 3.82. The molecule has 0 amide bonds. The summed E-state index contributed by atoms with van der Waals surface area (Å²) in [5.74, 6) is -1.18. The van der Waals surface area contributed by atoms with Gasteiger partial charge in [-0.2, -0.15) is 5.26 Å². The Morgan fingerprint density at radius 2 is 1.89 bits per heavy atom. The van der Waals surface area contributed by atoms with E-state index in [0.29, 0.717) is 11.1 Å². The van der Waals surface area contributed by atoms with Gasteiger partial charge < -0.3 is 5.11 Å². The highest BCUT2D eigenvalue weighted by Crippen LogP contribution is 2.31. The molecule has 0 bridgehead atoms. The van der Waals surface area contributed by atoms with Crippen molar-refractivity contribution in [2.75, 3.05) is 0 Å². The smallest absolute Gasteiger partial charge is 0.129 e. The Balaban J connectivity index is 2.32. The molecule has 2 atom stereocenters. The minimum absolute atomic E-state index is 0.254. The number of nitriles is 1. The first-order valence-corrected chi connectivity index (χ1v) is 5.94. The standard InChI is InChI=1S/C14H10ClFN2O/c15-13-7-10(5-6-18-13)12(8-17)14(19)9-1-3-11(16)4-2-9/h1-7,12,14,19H. The largest absolute Gasteiger partial charge is 0.387 e. The van der Waals surface area contributed by atoms with Gasteiger partial charge in [-0.05, 0) is 35.4 Å². The molecule has 0 aliphatic carbocycles. The lowest BCUT2D eigenvalue weighted by Crippen LogP contribution is -2.09. The van der Waals surface area contributed by atoms with Gasteiger partial charge in [0.05, 0.1) is 12.2 Å². The van der Waals surface area contributed by atoms with Crippen LogP contribution in [0.2, 0.25) is 5.15 Å². The summed E-state index contributed by atoms with van der Waals surface area (Å²) in [6, 6.07) is 10.6. The molecule has 0 spiro atoms. The van der Waals surface area contributed by atoms with Crippen LogP contribution in [0.4, 0.5) is 4.39 Å². The van der Waals surface area contributed by atoms with Crippen LogP contribution in [0.5, 0.6) is 0 Å². The number of aliphatic hydroxyl groups is 1. The van der Waals surface area contributed by atoms with Crippen LogP contribution in [0.25, 0.3) is 0 Å². The SMILES string of the molecule is N#CC(c1ccnc(Cl)c1)C(O)c1ccc(F)cc1. The summed E-state index contributed by atoms with van der Waals surface area (Å²) in [7, 11) is 0. The monoisotopic (exact) mass is 276 g/mol. The lowest BCUT2D eigenvalue weighted by atomic mass is 9.91. The summed E-state index contributed by atoms with van der Waals surface area (Å²) >= 11 is 5.77. The Morgan fingerprint density at radius 3 is 2.47 bits per heavy atom. The van der Waals surface area contributed by atoms with Crippen LogP contribution < -0.4 is 0 Å². The predicted molar refractivity (Wildman–Crippen MR) is 69.0 cm³/mol. The molecular weight excluding hydrogens is 267 g/mol. The zero-order valence-electron chi connectivity index (χ0n) is 9.79. The van der Waals surface area contributed by atoms with Crippen molar-refractivity contribution in [1.29, 1.82) is 5.26 Å². The Bertz CT molecular complexity index is 610.